The molecule has 0 bridgehead atoms. The number of nitrogens with one attached hydrogen (secondary N) is 1. The summed E-state index contributed by atoms with van der Waals surface area (Å²) < 4.78 is 32.5. The number of hydrogen-bond acceptors (Lipinski definition) is 5. The maximum absolute atomic E-state index is 12.6. The van der Waals surface area contributed by atoms with E-state index >= 15 is 0 Å². The van der Waals surface area contributed by atoms with Crippen LogP contribution < -0.4 is 5.32 Å². The van der Waals surface area contributed by atoms with E-state index in [0.717, 1.165) is 44.9 Å². The maximum atomic E-state index is 12.6. The molecule has 0 aromatic carbocycles. The summed E-state index contributed by atoms with van der Waals surface area (Å²) in [5.74, 6) is -1.56. The molecule has 0 aliphatic carbocycles. The summed E-state index contributed by atoms with van der Waals surface area (Å²) in [4.78, 5) is 12.6. The van der Waals surface area contributed by atoms with Crippen molar-refractivity contribution < 1.29 is 28.0 Å². The summed E-state index contributed by atoms with van der Waals surface area (Å²) in [6.07, 6.45) is 44.9. The van der Waals surface area contributed by atoms with Crippen molar-refractivity contribution in [3.63, 3.8) is 0 Å². The molecule has 7 nitrogen and oxygen atoms in total. The van der Waals surface area contributed by atoms with Gasteiger partial charge >= 0.3 is 0 Å². The van der Waals surface area contributed by atoms with E-state index in [0.29, 0.717) is 12.8 Å². The lowest BCUT2D eigenvalue weighted by atomic mass is 10.0. The lowest BCUT2D eigenvalue weighted by Crippen LogP contribution is -2.50. The second-order valence-corrected chi connectivity index (χ2v) is 16.2. The molecule has 0 aromatic heterocycles. The number of carbonyl (C=O) groups excluding carboxylic acids is 1. The molecule has 300 valence electrons. The van der Waals surface area contributed by atoms with E-state index in [4.69, 9.17) is 0 Å². The molecule has 0 aliphatic rings. The van der Waals surface area contributed by atoms with Crippen molar-refractivity contribution in [2.75, 3.05) is 5.75 Å². The topological polar surface area (TPSA) is 124 Å². The third-order valence-corrected chi connectivity index (χ3v) is 10.4. The zero-order chi connectivity index (χ0) is 37.7. The van der Waals surface area contributed by atoms with Crippen molar-refractivity contribution in [3.8, 4) is 0 Å². The van der Waals surface area contributed by atoms with Crippen LogP contribution in [0.25, 0.3) is 0 Å². The van der Waals surface area contributed by atoms with Gasteiger partial charge in [0.05, 0.1) is 17.9 Å². The fourth-order valence-electron chi connectivity index (χ4n) is 6.37. The Balaban J connectivity index is 4.09. The monoisotopic (exact) mass is 740 g/mol. The van der Waals surface area contributed by atoms with Gasteiger partial charge in [0.25, 0.3) is 10.1 Å². The molecule has 4 N–H and O–H groups in total. The molecule has 0 aromatic rings. The maximum Gasteiger partial charge on any atom is 0.267 e. The second kappa shape index (κ2) is 36.9. The van der Waals surface area contributed by atoms with E-state index < -0.39 is 40.0 Å². The van der Waals surface area contributed by atoms with Crippen LogP contribution in [0.4, 0.5) is 0 Å². The van der Waals surface area contributed by atoms with E-state index in [1.54, 1.807) is 6.08 Å². The molecule has 0 heterocycles. The predicted octanol–water partition coefficient (Wildman–Crippen LogP) is 11.5. The van der Waals surface area contributed by atoms with Crippen molar-refractivity contribution >= 4 is 16.0 Å². The third kappa shape index (κ3) is 36.7. The molecule has 0 rings (SSSR count). The number of amides is 1. The van der Waals surface area contributed by atoms with Crippen molar-refractivity contribution in [2.24, 2.45) is 0 Å². The van der Waals surface area contributed by atoms with Crippen LogP contribution in [-0.4, -0.2) is 53.1 Å². The molecule has 0 aliphatic heterocycles. The Labute approximate surface area is 315 Å². The van der Waals surface area contributed by atoms with E-state index in [1.165, 1.54) is 134 Å². The summed E-state index contributed by atoms with van der Waals surface area (Å²) >= 11 is 0. The molecule has 0 fully saturated rings. The summed E-state index contributed by atoms with van der Waals surface area (Å²) in [5.41, 5.74) is 0. The van der Waals surface area contributed by atoms with Crippen LogP contribution in [0.2, 0.25) is 0 Å². The van der Waals surface area contributed by atoms with Gasteiger partial charge in [-0.1, -0.05) is 198 Å². The minimum atomic E-state index is -4.45. The Morgan fingerprint density at radius 3 is 1.29 bits per heavy atom. The van der Waals surface area contributed by atoms with Crippen LogP contribution in [0.5, 0.6) is 0 Å². The van der Waals surface area contributed by atoms with Crippen LogP contribution in [0, 0.1) is 0 Å². The Morgan fingerprint density at radius 1 is 0.529 bits per heavy atom. The predicted molar refractivity (Wildman–Crippen MR) is 218 cm³/mol. The highest BCUT2D eigenvalue weighted by Crippen LogP contribution is 2.15. The zero-order valence-electron chi connectivity index (χ0n) is 33.1. The number of rotatable bonds is 38. The zero-order valence-corrected chi connectivity index (χ0v) is 33.9. The van der Waals surface area contributed by atoms with Gasteiger partial charge in [-0.05, 0) is 44.9 Å². The first-order valence-corrected chi connectivity index (χ1v) is 22.9. The highest BCUT2D eigenvalue weighted by Gasteiger charge is 2.27. The molecule has 8 heteroatoms. The smallest absolute Gasteiger partial charge is 0.267 e. The van der Waals surface area contributed by atoms with Gasteiger partial charge in [0.1, 0.15) is 6.10 Å². The van der Waals surface area contributed by atoms with Crippen LogP contribution in [0.1, 0.15) is 206 Å². The average molecular weight is 740 g/mol. The normalized spacial score (nSPS) is 14.2. The van der Waals surface area contributed by atoms with Gasteiger partial charge in [0.15, 0.2) is 0 Å². The first kappa shape index (κ1) is 49.5. The molecular formula is C43H81NO6S. The Hall–Kier alpha value is -1.48. The fraction of sp³-hybridized carbons (Fsp3) is 0.837. The minimum Gasteiger partial charge on any atom is -0.387 e. The van der Waals surface area contributed by atoms with Crippen LogP contribution >= 0.6 is 0 Å². The molecule has 0 spiro atoms. The number of aliphatic hydroxyl groups is 2. The van der Waals surface area contributed by atoms with Crippen LogP contribution in [0.15, 0.2) is 36.5 Å². The molecular weight excluding hydrogens is 659 g/mol. The summed E-state index contributed by atoms with van der Waals surface area (Å²) in [5, 5.41) is 23.4. The van der Waals surface area contributed by atoms with Crippen LogP contribution in [0.3, 0.4) is 0 Å². The molecule has 0 saturated carbocycles. The minimum absolute atomic E-state index is 0.274. The molecule has 3 unspecified atom stereocenters. The highest BCUT2D eigenvalue weighted by atomic mass is 32.2. The van der Waals surface area contributed by atoms with Crippen molar-refractivity contribution in [1.29, 1.82) is 0 Å². The van der Waals surface area contributed by atoms with Gasteiger partial charge in [-0.15, -0.1) is 0 Å². The van der Waals surface area contributed by atoms with Gasteiger partial charge in [-0.25, -0.2) is 0 Å². The SMILES string of the molecule is CCCCCCCCCCC/C=C/CC/C=C/CC/C=C/C(O)C(CS(=O)(=O)O)NC(=O)C(O)CCCCCCCCCCCCCCCCC. The number of carbonyl (C=O) groups is 1. The molecule has 51 heavy (non-hydrogen) atoms. The lowest BCUT2D eigenvalue weighted by Gasteiger charge is -2.22. The Kier molecular flexibility index (Phi) is 35.8. The number of hydrogen-bond donors (Lipinski definition) is 4. The van der Waals surface area contributed by atoms with Gasteiger partial charge < -0.3 is 15.5 Å². The van der Waals surface area contributed by atoms with E-state index in [2.05, 4.69) is 43.5 Å². The lowest BCUT2D eigenvalue weighted by molar-refractivity contribution is -0.130. The van der Waals surface area contributed by atoms with E-state index in [-0.39, 0.29) is 6.42 Å². The number of allylic oxidation sites excluding steroid dienone is 5. The van der Waals surface area contributed by atoms with Gasteiger partial charge in [-0.2, -0.15) is 8.42 Å². The second-order valence-electron chi connectivity index (χ2n) is 14.8. The quantitative estimate of drug-likeness (QED) is 0.0284. The summed E-state index contributed by atoms with van der Waals surface area (Å²) in [6, 6.07) is -1.25. The Bertz CT molecular complexity index is 964. The van der Waals surface area contributed by atoms with E-state index in [9.17, 15) is 28.0 Å². The van der Waals surface area contributed by atoms with Gasteiger partial charge in [0.2, 0.25) is 5.91 Å². The third-order valence-electron chi connectivity index (χ3n) is 9.65. The highest BCUT2D eigenvalue weighted by molar-refractivity contribution is 7.85. The summed E-state index contributed by atoms with van der Waals surface area (Å²) in [6.45, 7) is 4.51. The number of unbranched alkanes of at least 4 members (excludes halogenated alkanes) is 25. The first-order valence-electron chi connectivity index (χ1n) is 21.3. The molecule has 0 saturated heterocycles. The van der Waals surface area contributed by atoms with E-state index in [1.807, 2.05) is 0 Å². The van der Waals surface area contributed by atoms with Crippen LogP contribution in [-0.2, 0) is 14.9 Å². The number of aliphatic hydroxyl groups excluding tert-OH is 2. The van der Waals surface area contributed by atoms with Gasteiger partial charge in [-0.3, -0.25) is 9.35 Å². The Morgan fingerprint density at radius 2 is 0.882 bits per heavy atom. The van der Waals surface area contributed by atoms with Crippen molar-refractivity contribution in [1.82, 2.24) is 5.32 Å². The standard InChI is InChI=1S/C43H81NO6S/c1-3-5-7-9-11-13-15-17-19-20-21-22-24-25-27-29-31-33-35-37-41(45)40(39-51(48,49)50)44-43(47)42(46)38-36-34-32-30-28-26-23-18-16-14-12-10-8-6-4-2/h21-22,27,29,35,37,40-42,45-46H,3-20,23-26,28,30-34,36,38-39H2,1-2H3,(H,44,47)(H,48,49,50)/b22-21+,29-27+,37-35+. The van der Waals surface area contributed by atoms with Crippen molar-refractivity contribution in [2.45, 2.75) is 225 Å². The first-order chi connectivity index (χ1) is 24.7. The largest absolute Gasteiger partial charge is 0.387 e. The molecule has 3 atom stereocenters. The summed E-state index contributed by atoms with van der Waals surface area (Å²) in [7, 11) is -4.45. The average Bonchev–Trinajstić information content (AvgIpc) is 3.09. The molecule has 1 amide bonds. The molecule has 0 radical (unpaired) electrons. The van der Waals surface area contributed by atoms with Gasteiger partial charge in [0, 0.05) is 0 Å². The fourth-order valence-corrected chi connectivity index (χ4v) is 7.10. The van der Waals surface area contributed by atoms with Crippen molar-refractivity contribution in [3.05, 3.63) is 36.5 Å².